The van der Waals surface area contributed by atoms with Crippen molar-refractivity contribution >= 4 is 23.2 Å². The van der Waals surface area contributed by atoms with E-state index in [-0.39, 0.29) is 5.91 Å². The lowest BCUT2D eigenvalue weighted by molar-refractivity contribution is 0.0989. The molecule has 4 rings (SSSR count). The second-order valence-electron chi connectivity index (χ2n) is 5.37. The SMILES string of the molecule is CCN1C(=O)c2cccnc2N(C2CC2)c2ncccc21. The molecule has 1 aliphatic heterocycles. The van der Waals surface area contributed by atoms with Crippen LogP contribution in [-0.2, 0) is 0 Å². The number of pyridine rings is 2. The summed E-state index contributed by atoms with van der Waals surface area (Å²) in [6.07, 6.45) is 5.75. The summed E-state index contributed by atoms with van der Waals surface area (Å²) in [5.41, 5.74) is 1.53. The zero-order valence-electron chi connectivity index (χ0n) is 11.9. The third-order valence-corrected chi connectivity index (χ3v) is 4.00. The average molecular weight is 280 g/mol. The van der Waals surface area contributed by atoms with E-state index in [4.69, 9.17) is 0 Å². The van der Waals surface area contributed by atoms with Crippen molar-refractivity contribution < 1.29 is 4.79 Å². The first-order valence-corrected chi connectivity index (χ1v) is 7.32. The summed E-state index contributed by atoms with van der Waals surface area (Å²) < 4.78 is 0. The predicted molar refractivity (Wildman–Crippen MR) is 81.0 cm³/mol. The zero-order chi connectivity index (χ0) is 14.4. The summed E-state index contributed by atoms with van der Waals surface area (Å²) in [5.74, 6) is 1.58. The summed E-state index contributed by atoms with van der Waals surface area (Å²) in [4.78, 5) is 25.8. The smallest absolute Gasteiger partial charge is 0.262 e. The normalized spacial score (nSPS) is 17.3. The van der Waals surface area contributed by atoms with Crippen LogP contribution in [0.4, 0.5) is 17.3 Å². The Bertz CT molecular complexity index is 711. The molecule has 2 aliphatic rings. The summed E-state index contributed by atoms with van der Waals surface area (Å²) in [6, 6.07) is 7.92. The second kappa shape index (κ2) is 4.55. The van der Waals surface area contributed by atoms with Crippen molar-refractivity contribution in [1.82, 2.24) is 9.97 Å². The molecule has 0 radical (unpaired) electrons. The molecule has 0 N–H and O–H groups in total. The van der Waals surface area contributed by atoms with Crippen LogP contribution in [0, 0.1) is 0 Å². The molecule has 1 saturated carbocycles. The van der Waals surface area contributed by atoms with Gasteiger partial charge >= 0.3 is 0 Å². The molecular weight excluding hydrogens is 264 g/mol. The molecule has 0 spiro atoms. The van der Waals surface area contributed by atoms with Gasteiger partial charge in [0, 0.05) is 25.0 Å². The van der Waals surface area contributed by atoms with E-state index in [1.165, 1.54) is 0 Å². The van der Waals surface area contributed by atoms with E-state index in [0.717, 1.165) is 30.2 Å². The highest BCUT2D eigenvalue weighted by molar-refractivity contribution is 6.12. The lowest BCUT2D eigenvalue weighted by Gasteiger charge is -2.24. The molecule has 0 saturated heterocycles. The minimum absolute atomic E-state index is 0.00185. The van der Waals surface area contributed by atoms with Crippen molar-refractivity contribution in [3.63, 3.8) is 0 Å². The predicted octanol–water partition coefficient (Wildman–Crippen LogP) is 2.76. The van der Waals surface area contributed by atoms with Gasteiger partial charge in [-0.05, 0) is 44.0 Å². The Morgan fingerprint density at radius 2 is 1.86 bits per heavy atom. The molecule has 2 aromatic rings. The van der Waals surface area contributed by atoms with Crippen LogP contribution in [0.5, 0.6) is 0 Å². The van der Waals surface area contributed by atoms with E-state index >= 15 is 0 Å². The highest BCUT2D eigenvalue weighted by atomic mass is 16.2. The summed E-state index contributed by atoms with van der Waals surface area (Å²) in [6.45, 7) is 2.60. The molecule has 0 atom stereocenters. The average Bonchev–Trinajstić information content (AvgIpc) is 3.34. The third kappa shape index (κ3) is 1.81. The fourth-order valence-corrected chi connectivity index (χ4v) is 2.89. The topological polar surface area (TPSA) is 49.3 Å². The molecule has 3 heterocycles. The fourth-order valence-electron chi connectivity index (χ4n) is 2.89. The van der Waals surface area contributed by atoms with Gasteiger partial charge in [0.25, 0.3) is 5.91 Å². The molecule has 0 unspecified atom stereocenters. The second-order valence-corrected chi connectivity index (χ2v) is 5.37. The van der Waals surface area contributed by atoms with Crippen molar-refractivity contribution in [2.24, 2.45) is 0 Å². The zero-order valence-corrected chi connectivity index (χ0v) is 11.9. The van der Waals surface area contributed by atoms with E-state index in [2.05, 4.69) is 14.9 Å². The molecule has 0 aromatic carbocycles. The standard InChI is InChI=1S/C16H16N4O/c1-2-19-13-6-4-10-18-15(13)20(11-7-8-11)14-12(16(19)21)5-3-9-17-14/h3-6,9-11H,2,7-8H2,1H3. The van der Waals surface area contributed by atoms with Gasteiger partial charge in [-0.3, -0.25) is 4.79 Å². The van der Waals surface area contributed by atoms with Crippen LogP contribution in [0.15, 0.2) is 36.7 Å². The number of hydrogen-bond acceptors (Lipinski definition) is 4. The largest absolute Gasteiger partial charge is 0.305 e. The Morgan fingerprint density at radius 3 is 2.57 bits per heavy atom. The molecular formula is C16H16N4O. The van der Waals surface area contributed by atoms with Gasteiger partial charge in [-0.25, -0.2) is 9.97 Å². The Kier molecular flexibility index (Phi) is 2.67. The maximum atomic E-state index is 12.9. The van der Waals surface area contributed by atoms with Crippen molar-refractivity contribution in [3.8, 4) is 0 Å². The van der Waals surface area contributed by atoms with E-state index < -0.39 is 0 Å². The maximum Gasteiger partial charge on any atom is 0.262 e. The quantitative estimate of drug-likeness (QED) is 0.848. The van der Waals surface area contributed by atoms with Gasteiger partial charge in [0.15, 0.2) is 5.82 Å². The number of carbonyl (C=O) groups is 1. The Labute approximate surface area is 123 Å². The van der Waals surface area contributed by atoms with Gasteiger partial charge in [-0.1, -0.05) is 0 Å². The minimum atomic E-state index is -0.00185. The van der Waals surface area contributed by atoms with Crippen molar-refractivity contribution in [1.29, 1.82) is 0 Å². The Morgan fingerprint density at radius 1 is 1.14 bits per heavy atom. The molecule has 1 aliphatic carbocycles. The van der Waals surface area contributed by atoms with E-state index in [1.54, 1.807) is 17.3 Å². The molecule has 0 bridgehead atoms. The molecule has 1 fully saturated rings. The highest BCUT2D eigenvalue weighted by Gasteiger charge is 2.39. The fraction of sp³-hybridized carbons (Fsp3) is 0.312. The number of rotatable bonds is 2. The summed E-state index contributed by atoms with van der Waals surface area (Å²) in [7, 11) is 0. The van der Waals surface area contributed by atoms with Crippen LogP contribution in [0.1, 0.15) is 30.1 Å². The van der Waals surface area contributed by atoms with E-state index in [1.807, 2.05) is 31.2 Å². The van der Waals surface area contributed by atoms with Crippen LogP contribution in [-0.4, -0.2) is 28.5 Å². The minimum Gasteiger partial charge on any atom is -0.305 e. The van der Waals surface area contributed by atoms with Gasteiger partial charge in [-0.2, -0.15) is 0 Å². The Hall–Kier alpha value is -2.43. The van der Waals surface area contributed by atoms with E-state index in [0.29, 0.717) is 18.2 Å². The lowest BCUT2D eigenvalue weighted by atomic mass is 10.2. The van der Waals surface area contributed by atoms with Gasteiger partial charge < -0.3 is 9.80 Å². The van der Waals surface area contributed by atoms with Crippen LogP contribution in [0.3, 0.4) is 0 Å². The highest BCUT2D eigenvalue weighted by Crippen LogP contribution is 2.44. The van der Waals surface area contributed by atoms with Crippen LogP contribution < -0.4 is 9.80 Å². The first kappa shape index (κ1) is 12.3. The third-order valence-electron chi connectivity index (χ3n) is 4.00. The maximum absolute atomic E-state index is 12.9. The molecule has 2 aromatic heterocycles. The number of hydrogen-bond donors (Lipinski definition) is 0. The van der Waals surface area contributed by atoms with Crippen molar-refractivity contribution in [3.05, 3.63) is 42.2 Å². The Balaban J connectivity index is 2.01. The number of carbonyl (C=O) groups excluding carboxylic acids is 1. The first-order valence-electron chi connectivity index (χ1n) is 7.32. The molecule has 106 valence electrons. The van der Waals surface area contributed by atoms with Gasteiger partial charge in [-0.15, -0.1) is 0 Å². The number of fused-ring (bicyclic) bond motifs is 2. The van der Waals surface area contributed by atoms with Gasteiger partial charge in [0.2, 0.25) is 0 Å². The number of anilines is 3. The number of amides is 1. The van der Waals surface area contributed by atoms with E-state index in [9.17, 15) is 4.79 Å². The lowest BCUT2D eigenvalue weighted by Crippen LogP contribution is -2.30. The molecule has 5 nitrogen and oxygen atoms in total. The van der Waals surface area contributed by atoms with Gasteiger partial charge in [0.05, 0.1) is 11.3 Å². The molecule has 21 heavy (non-hydrogen) atoms. The number of nitrogens with zero attached hydrogens (tertiary/aromatic N) is 4. The number of aromatic nitrogens is 2. The van der Waals surface area contributed by atoms with Crippen molar-refractivity contribution in [2.75, 3.05) is 16.3 Å². The monoisotopic (exact) mass is 280 g/mol. The van der Waals surface area contributed by atoms with Gasteiger partial charge in [0.1, 0.15) is 5.82 Å². The van der Waals surface area contributed by atoms with Crippen LogP contribution >= 0.6 is 0 Å². The summed E-state index contributed by atoms with van der Waals surface area (Å²) >= 11 is 0. The first-order chi connectivity index (χ1) is 10.3. The molecule has 1 amide bonds. The van der Waals surface area contributed by atoms with Crippen LogP contribution in [0.25, 0.3) is 0 Å². The summed E-state index contributed by atoms with van der Waals surface area (Å²) in [5, 5.41) is 0. The van der Waals surface area contributed by atoms with Crippen molar-refractivity contribution in [2.45, 2.75) is 25.8 Å². The van der Waals surface area contributed by atoms with Crippen LogP contribution in [0.2, 0.25) is 0 Å². The molecule has 5 heteroatoms.